The molecule has 0 spiro atoms. The molecular formula is C70H86Cl6N12O6S6. The van der Waals surface area contributed by atoms with Gasteiger partial charge in [-0.2, -0.15) is 0 Å². The monoisotopic (exact) mass is 1590 g/mol. The maximum atomic E-state index is 11.2. The van der Waals surface area contributed by atoms with Crippen LogP contribution in [-0.4, -0.2) is 59.5 Å². The average molecular weight is 1600 g/mol. The fourth-order valence-corrected chi connectivity index (χ4v) is 14.8. The summed E-state index contributed by atoms with van der Waals surface area (Å²) in [5.74, 6) is 4.33. The zero-order valence-electron chi connectivity index (χ0n) is 50.5. The highest BCUT2D eigenvalue weighted by atomic mass is 35.5. The highest BCUT2D eigenvalue weighted by molar-refractivity contribution is 7.99. The van der Waals surface area contributed by atoms with Gasteiger partial charge in [-0.15, -0.1) is 70.6 Å². The van der Waals surface area contributed by atoms with Crippen LogP contribution in [0, 0.1) is 0 Å². The van der Waals surface area contributed by atoms with E-state index in [1.165, 1.54) is 9.36 Å². The lowest BCUT2D eigenvalue weighted by Gasteiger charge is -2.04. The molecular weight excluding hydrogens is 1510 g/mol. The minimum absolute atomic E-state index is 0. The van der Waals surface area contributed by atoms with Gasteiger partial charge in [0, 0.05) is 166 Å². The topological polar surface area (TPSA) is 248 Å². The van der Waals surface area contributed by atoms with Crippen LogP contribution in [0.1, 0.15) is 78.7 Å². The van der Waals surface area contributed by atoms with E-state index < -0.39 is 0 Å². The normalized spacial score (nSPS) is 9.94. The second-order valence-electron chi connectivity index (χ2n) is 19.7. The van der Waals surface area contributed by atoms with Crippen molar-refractivity contribution < 1.29 is 0 Å². The van der Waals surface area contributed by atoms with Crippen LogP contribution >= 0.6 is 140 Å². The number of halogens is 6. The first-order chi connectivity index (χ1) is 45.1. The van der Waals surface area contributed by atoms with Gasteiger partial charge in [-0.1, -0.05) is 169 Å². The van der Waals surface area contributed by atoms with E-state index in [0.29, 0.717) is 11.5 Å². The molecule has 0 bridgehead atoms. The average Bonchev–Trinajstić information content (AvgIpc) is 1.69. The summed E-state index contributed by atoms with van der Waals surface area (Å²) in [6, 6.07) is 55.5. The molecule has 0 saturated heterocycles. The van der Waals surface area contributed by atoms with Crippen molar-refractivity contribution in [2.45, 2.75) is 108 Å². The quantitative estimate of drug-likeness (QED) is 0.0374. The zero-order valence-corrected chi connectivity index (χ0v) is 60.0. The Bertz CT molecular complexity index is 4720. The molecule has 0 aliphatic rings. The van der Waals surface area contributed by atoms with Gasteiger partial charge in [0.25, 0.3) is 33.4 Å². The molecule has 12 rings (SSSR count). The second kappa shape index (κ2) is 47.4. The van der Waals surface area contributed by atoms with Crippen LogP contribution in [0.5, 0.6) is 0 Å². The van der Waals surface area contributed by atoms with Crippen LogP contribution in [-0.2, 0) is 62.7 Å². The molecule has 6 heterocycles. The van der Waals surface area contributed by atoms with Gasteiger partial charge in [-0.05, 0) is 91.0 Å². The van der Waals surface area contributed by atoms with E-state index in [1.807, 2.05) is 160 Å². The van der Waals surface area contributed by atoms with E-state index in [-0.39, 0.29) is 77.9 Å². The third-order valence-corrected chi connectivity index (χ3v) is 20.9. The highest BCUT2D eigenvalue weighted by Crippen LogP contribution is 2.32. The highest BCUT2D eigenvalue weighted by Gasteiger charge is 2.08. The molecule has 12 aromatic rings. The lowest BCUT2D eigenvalue weighted by Crippen LogP contribution is -2.09. The van der Waals surface area contributed by atoms with Crippen LogP contribution in [0.3, 0.4) is 0 Å². The molecule has 6 aromatic carbocycles. The smallest absolute Gasteiger partial charge is 0.266 e. The SMILES string of the molecule is C.C.C.C.C.C.Cn1[nH]c(=O)cc1CSc1cccc(Cl)c1.Cn1[nH]c(=O)cc1CSc1ccccc1Cl.Cn1[nH]c(CSc2cccc(Cl)c2)cc1=O.Cn1[nH]c(CSc2ccccc2Cl)cc1=O.O=c1cc(CSc2cccc(Cl)c2)[nH][nH]1.O=c1cc(CSc2ccccc2Cl)[nH][nH]1. The number of aryl methyl sites for hydroxylation is 4. The maximum Gasteiger partial charge on any atom is 0.266 e. The maximum absolute atomic E-state index is 11.2. The zero-order chi connectivity index (χ0) is 67.5. The summed E-state index contributed by atoms with van der Waals surface area (Å²) in [7, 11) is 7.06. The van der Waals surface area contributed by atoms with Crippen molar-refractivity contribution in [2.24, 2.45) is 28.2 Å². The number of benzene rings is 6. The molecule has 0 aliphatic carbocycles. The van der Waals surface area contributed by atoms with Crippen molar-refractivity contribution in [1.29, 1.82) is 0 Å². The number of H-pyrrole nitrogens is 8. The van der Waals surface area contributed by atoms with Gasteiger partial charge in [-0.3, -0.25) is 78.1 Å². The number of thioether (sulfide) groups is 6. The van der Waals surface area contributed by atoms with Crippen LogP contribution < -0.4 is 33.4 Å². The van der Waals surface area contributed by atoms with Crippen LogP contribution in [0.2, 0.25) is 30.1 Å². The van der Waals surface area contributed by atoms with Crippen LogP contribution in [0.15, 0.2) is 240 Å². The van der Waals surface area contributed by atoms with Crippen molar-refractivity contribution >= 4 is 140 Å². The number of hydrogen-bond acceptors (Lipinski definition) is 12. The number of hydrogen-bond donors (Lipinski definition) is 8. The number of aromatic nitrogens is 12. The first kappa shape index (κ1) is 91.2. The van der Waals surface area contributed by atoms with Gasteiger partial charge in [0.1, 0.15) is 0 Å². The van der Waals surface area contributed by atoms with E-state index >= 15 is 0 Å². The molecule has 0 saturated carbocycles. The fourth-order valence-electron chi connectivity index (χ4n) is 7.76. The number of nitrogens with zero attached hydrogens (tertiary/aromatic N) is 4. The lowest BCUT2D eigenvalue weighted by atomic mass is 10.4. The molecule has 100 heavy (non-hydrogen) atoms. The van der Waals surface area contributed by atoms with E-state index in [9.17, 15) is 28.8 Å². The van der Waals surface area contributed by atoms with E-state index in [0.717, 1.165) is 117 Å². The Morgan fingerprint density at radius 1 is 0.290 bits per heavy atom. The first-order valence-corrected chi connectivity index (χ1v) is 36.1. The molecule has 540 valence electrons. The van der Waals surface area contributed by atoms with Gasteiger partial charge in [-0.25, -0.2) is 0 Å². The Hall–Kier alpha value is -6.78. The molecule has 0 atom stereocenters. The van der Waals surface area contributed by atoms with Gasteiger partial charge < -0.3 is 10.2 Å². The number of aromatic amines is 8. The van der Waals surface area contributed by atoms with Gasteiger partial charge >= 0.3 is 0 Å². The van der Waals surface area contributed by atoms with Crippen LogP contribution in [0.25, 0.3) is 0 Å². The lowest BCUT2D eigenvalue weighted by molar-refractivity contribution is 0.727. The summed E-state index contributed by atoms with van der Waals surface area (Å²) >= 11 is 45.4. The summed E-state index contributed by atoms with van der Waals surface area (Å²) < 4.78 is 6.39. The van der Waals surface area contributed by atoms with Gasteiger partial charge in [0.15, 0.2) is 0 Å². The molecule has 18 nitrogen and oxygen atoms in total. The van der Waals surface area contributed by atoms with Crippen molar-refractivity contribution in [3.05, 3.63) is 308 Å². The summed E-state index contributed by atoms with van der Waals surface area (Å²) in [5, 5.41) is 26.3. The minimum Gasteiger partial charge on any atom is -0.301 e. The van der Waals surface area contributed by atoms with Crippen molar-refractivity contribution in [2.75, 3.05) is 0 Å². The summed E-state index contributed by atoms with van der Waals surface area (Å²) in [6.45, 7) is 0. The summed E-state index contributed by atoms with van der Waals surface area (Å²) in [6.07, 6.45) is 0. The van der Waals surface area contributed by atoms with Gasteiger partial charge in [0.2, 0.25) is 0 Å². The first-order valence-electron chi connectivity index (χ1n) is 27.9. The number of nitrogens with one attached hydrogen (secondary N) is 8. The molecule has 0 amide bonds. The Kier molecular flexibility index (Phi) is 43.3. The van der Waals surface area contributed by atoms with E-state index in [1.54, 1.807) is 130 Å². The van der Waals surface area contributed by atoms with Crippen molar-refractivity contribution in [1.82, 2.24) is 59.5 Å². The number of rotatable bonds is 18. The molecule has 0 radical (unpaired) electrons. The predicted molar refractivity (Wildman–Crippen MR) is 433 cm³/mol. The molecule has 30 heteroatoms. The standard InChI is InChI=1S/4C11H11ClN2OS.2C10H9ClN2OS.6CH4/c1-14-9(6-11(15)13-14)7-16-10-4-2-3-8(12)5-10;1-14-11(15)6-9(13-14)7-16-10-4-2-3-8(12)5-10;1-14-8(6-11(15)13-14)7-16-10-5-3-2-4-9(10)12;1-14-11(15)6-8(13-14)7-16-10-5-3-2-4-9(10)12;11-7-2-1-3-9(4-7)15-6-8-5-10(14)13-12-8;11-8-3-1-2-4-9(8)15-6-7-5-10(14)13-12-7;;;;;;/h2-6H,7H2,1H3,(H,13,15);2-6,13H,7H2,1H3;2-6H,7H2,1H3,(H,13,15);2-6,13H,7H2,1H3;2*1-5H,6H2,(H2,12,13,14);6*1H4. The van der Waals surface area contributed by atoms with Crippen LogP contribution in [0.4, 0.5) is 0 Å². The predicted octanol–water partition coefficient (Wildman–Crippen LogP) is 19.8. The largest absolute Gasteiger partial charge is 0.301 e. The fraction of sp³-hybridized carbons (Fsp3) is 0.229. The molecule has 8 N–H and O–H groups in total. The third-order valence-electron chi connectivity index (χ3n) is 12.4. The third kappa shape index (κ3) is 32.0. The minimum atomic E-state index is -0.107. The summed E-state index contributed by atoms with van der Waals surface area (Å²) in [5.41, 5.74) is 5.11. The molecule has 0 fully saturated rings. The molecule has 6 aromatic heterocycles. The summed E-state index contributed by atoms with van der Waals surface area (Å²) in [4.78, 5) is 72.6. The molecule has 0 unspecified atom stereocenters. The van der Waals surface area contributed by atoms with Crippen molar-refractivity contribution in [3.63, 3.8) is 0 Å². The Morgan fingerprint density at radius 2 is 0.590 bits per heavy atom. The Labute approximate surface area is 639 Å². The van der Waals surface area contributed by atoms with E-state index in [4.69, 9.17) is 69.6 Å². The van der Waals surface area contributed by atoms with E-state index in [2.05, 4.69) is 40.8 Å². The van der Waals surface area contributed by atoms with Crippen molar-refractivity contribution in [3.8, 4) is 0 Å². The van der Waals surface area contributed by atoms with Gasteiger partial charge in [0.05, 0.1) is 26.5 Å². The Balaban J connectivity index is 0.000000593. The second-order valence-corrected chi connectivity index (χ2v) is 28.4. The molecule has 0 aliphatic heterocycles. The Morgan fingerprint density at radius 3 is 0.880 bits per heavy atom.